The Morgan fingerprint density at radius 1 is 1.56 bits per heavy atom. The van der Waals surface area contributed by atoms with Crippen molar-refractivity contribution in [1.82, 2.24) is 14.8 Å². The Hall–Kier alpha value is -1.95. The Morgan fingerprint density at radius 2 is 2.33 bits per heavy atom. The summed E-state index contributed by atoms with van der Waals surface area (Å²) in [5, 5.41) is 7.59. The van der Waals surface area contributed by atoms with Gasteiger partial charge in [0.25, 0.3) is 0 Å². The smallest absolute Gasteiger partial charge is 0.131 e. The lowest BCUT2D eigenvalue weighted by Crippen LogP contribution is -2.09. The minimum Gasteiger partial charge on any atom is -0.389 e. The van der Waals surface area contributed by atoms with Gasteiger partial charge in [-0.05, 0) is 18.6 Å². The average molecular weight is 261 g/mol. The molecule has 0 radical (unpaired) electrons. The highest BCUT2D eigenvalue weighted by Gasteiger charge is 2.07. The van der Waals surface area contributed by atoms with E-state index in [-0.39, 0.29) is 0 Å². The van der Waals surface area contributed by atoms with Crippen molar-refractivity contribution >= 4 is 28.7 Å². The number of pyridine rings is 1. The topological polar surface area (TPSA) is 68.8 Å². The van der Waals surface area contributed by atoms with Gasteiger partial charge in [0, 0.05) is 25.0 Å². The summed E-state index contributed by atoms with van der Waals surface area (Å²) in [7, 11) is 1.89. The quantitative estimate of drug-likeness (QED) is 0.821. The second-order valence-corrected chi connectivity index (χ2v) is 4.38. The van der Waals surface area contributed by atoms with Crippen molar-refractivity contribution in [2.24, 2.45) is 12.8 Å². The molecule has 0 aliphatic heterocycles. The van der Waals surface area contributed by atoms with Gasteiger partial charge in [0.2, 0.25) is 0 Å². The van der Waals surface area contributed by atoms with E-state index in [0.717, 1.165) is 23.4 Å². The van der Waals surface area contributed by atoms with Crippen molar-refractivity contribution in [3.8, 4) is 0 Å². The van der Waals surface area contributed by atoms with Gasteiger partial charge in [-0.25, -0.2) is 4.98 Å². The van der Waals surface area contributed by atoms with Crippen LogP contribution < -0.4 is 11.1 Å². The predicted octanol–water partition coefficient (Wildman–Crippen LogP) is 1.76. The Kier molecular flexibility index (Phi) is 3.57. The lowest BCUT2D eigenvalue weighted by atomic mass is 10.2. The van der Waals surface area contributed by atoms with Crippen LogP contribution in [-0.4, -0.2) is 19.8 Å². The molecule has 18 heavy (non-hydrogen) atoms. The standard InChI is InChI=1S/C12H15N5S/c1-3-9-10(7-17(2)16-9)15-11-6-8(12(13)18)4-5-14-11/h4-7H,3H2,1-2H3,(H2,13,18)(H,14,15). The zero-order valence-electron chi connectivity index (χ0n) is 10.3. The van der Waals surface area contributed by atoms with Crippen molar-refractivity contribution in [2.75, 3.05) is 5.32 Å². The molecular weight excluding hydrogens is 246 g/mol. The molecule has 0 bridgehead atoms. The normalized spacial score (nSPS) is 10.3. The third-order valence-electron chi connectivity index (χ3n) is 2.55. The summed E-state index contributed by atoms with van der Waals surface area (Å²) >= 11 is 4.94. The molecule has 5 nitrogen and oxygen atoms in total. The van der Waals surface area contributed by atoms with Crippen LogP contribution in [0, 0.1) is 0 Å². The molecule has 2 rings (SSSR count). The van der Waals surface area contributed by atoms with E-state index < -0.39 is 0 Å². The van der Waals surface area contributed by atoms with E-state index in [0.29, 0.717) is 10.8 Å². The Morgan fingerprint density at radius 3 is 3.00 bits per heavy atom. The van der Waals surface area contributed by atoms with Gasteiger partial charge >= 0.3 is 0 Å². The van der Waals surface area contributed by atoms with Crippen LogP contribution in [0.25, 0.3) is 0 Å². The van der Waals surface area contributed by atoms with Gasteiger partial charge in [-0.1, -0.05) is 19.1 Å². The molecule has 2 aromatic rings. The van der Waals surface area contributed by atoms with Gasteiger partial charge < -0.3 is 11.1 Å². The zero-order valence-corrected chi connectivity index (χ0v) is 11.2. The minimum absolute atomic E-state index is 0.363. The number of nitrogens with zero attached hydrogens (tertiary/aromatic N) is 3. The summed E-state index contributed by atoms with van der Waals surface area (Å²) in [5.74, 6) is 0.711. The summed E-state index contributed by atoms with van der Waals surface area (Å²) in [6.07, 6.45) is 4.46. The number of hydrogen-bond acceptors (Lipinski definition) is 4. The molecule has 0 aliphatic rings. The number of hydrogen-bond donors (Lipinski definition) is 2. The molecule has 0 amide bonds. The largest absolute Gasteiger partial charge is 0.389 e. The molecule has 6 heteroatoms. The van der Waals surface area contributed by atoms with Crippen molar-refractivity contribution in [3.63, 3.8) is 0 Å². The second-order valence-electron chi connectivity index (χ2n) is 3.94. The molecule has 0 unspecified atom stereocenters. The van der Waals surface area contributed by atoms with Crippen LogP contribution in [0.1, 0.15) is 18.2 Å². The van der Waals surface area contributed by atoms with Crippen LogP contribution in [0.15, 0.2) is 24.5 Å². The number of anilines is 2. The number of thiocarbonyl (C=S) groups is 1. The molecule has 0 saturated heterocycles. The van der Waals surface area contributed by atoms with Crippen molar-refractivity contribution in [3.05, 3.63) is 35.8 Å². The second kappa shape index (κ2) is 5.14. The molecule has 0 spiro atoms. The number of aromatic nitrogens is 3. The van der Waals surface area contributed by atoms with Crippen LogP contribution in [0.5, 0.6) is 0 Å². The first kappa shape index (κ1) is 12.5. The lowest BCUT2D eigenvalue weighted by molar-refractivity contribution is 0.746. The molecule has 0 aliphatic carbocycles. The van der Waals surface area contributed by atoms with Gasteiger partial charge in [-0.15, -0.1) is 0 Å². The van der Waals surface area contributed by atoms with E-state index in [2.05, 4.69) is 22.3 Å². The molecule has 94 valence electrons. The maximum atomic E-state index is 5.60. The van der Waals surface area contributed by atoms with Gasteiger partial charge in [0.05, 0.1) is 11.4 Å². The number of rotatable bonds is 4. The maximum Gasteiger partial charge on any atom is 0.131 e. The maximum absolute atomic E-state index is 5.60. The summed E-state index contributed by atoms with van der Waals surface area (Å²) in [6.45, 7) is 2.06. The summed E-state index contributed by atoms with van der Waals surface area (Å²) in [5.41, 5.74) is 8.34. The minimum atomic E-state index is 0.363. The lowest BCUT2D eigenvalue weighted by Gasteiger charge is -2.06. The average Bonchev–Trinajstić information content (AvgIpc) is 2.69. The fourth-order valence-electron chi connectivity index (χ4n) is 1.69. The van der Waals surface area contributed by atoms with Crippen molar-refractivity contribution in [1.29, 1.82) is 0 Å². The third-order valence-corrected chi connectivity index (χ3v) is 2.78. The van der Waals surface area contributed by atoms with Crippen LogP contribution in [0.4, 0.5) is 11.5 Å². The van der Waals surface area contributed by atoms with Crippen molar-refractivity contribution in [2.45, 2.75) is 13.3 Å². The van der Waals surface area contributed by atoms with Gasteiger partial charge in [-0.3, -0.25) is 4.68 Å². The molecular formula is C12H15N5S. The summed E-state index contributed by atoms with van der Waals surface area (Å²) in [4.78, 5) is 4.60. The van der Waals surface area contributed by atoms with Crippen LogP contribution in [0.2, 0.25) is 0 Å². The predicted molar refractivity (Wildman–Crippen MR) is 76.0 cm³/mol. The summed E-state index contributed by atoms with van der Waals surface area (Å²) < 4.78 is 1.78. The number of nitrogens with two attached hydrogens (primary N) is 1. The van der Waals surface area contributed by atoms with Gasteiger partial charge in [0.1, 0.15) is 10.8 Å². The summed E-state index contributed by atoms with van der Waals surface area (Å²) in [6, 6.07) is 3.62. The highest BCUT2D eigenvalue weighted by atomic mass is 32.1. The molecule has 3 N–H and O–H groups in total. The fourth-order valence-corrected chi connectivity index (χ4v) is 1.82. The van der Waals surface area contributed by atoms with Gasteiger partial charge in [-0.2, -0.15) is 5.10 Å². The van der Waals surface area contributed by atoms with Gasteiger partial charge in [0.15, 0.2) is 0 Å². The number of aryl methyl sites for hydroxylation is 2. The highest BCUT2D eigenvalue weighted by molar-refractivity contribution is 7.80. The third kappa shape index (κ3) is 2.65. The highest BCUT2D eigenvalue weighted by Crippen LogP contribution is 2.19. The van der Waals surface area contributed by atoms with E-state index in [1.807, 2.05) is 19.3 Å². The number of nitrogens with one attached hydrogen (secondary N) is 1. The molecule has 2 heterocycles. The molecule has 2 aromatic heterocycles. The Bertz CT molecular complexity index is 576. The molecule has 0 saturated carbocycles. The van der Waals surface area contributed by atoms with Crippen LogP contribution in [-0.2, 0) is 13.5 Å². The van der Waals surface area contributed by atoms with E-state index in [1.54, 1.807) is 16.9 Å². The first-order chi connectivity index (χ1) is 8.60. The molecule has 0 fully saturated rings. The molecule has 0 atom stereocenters. The monoisotopic (exact) mass is 261 g/mol. The Labute approximate surface area is 111 Å². The fraction of sp³-hybridized carbons (Fsp3) is 0.250. The first-order valence-corrected chi connectivity index (χ1v) is 6.06. The van der Waals surface area contributed by atoms with E-state index in [9.17, 15) is 0 Å². The zero-order chi connectivity index (χ0) is 13.1. The van der Waals surface area contributed by atoms with E-state index in [4.69, 9.17) is 18.0 Å². The first-order valence-electron chi connectivity index (χ1n) is 5.65. The SMILES string of the molecule is CCc1nn(C)cc1Nc1cc(C(N)=S)ccn1. The van der Waals surface area contributed by atoms with E-state index in [1.165, 1.54) is 0 Å². The Balaban J connectivity index is 2.28. The van der Waals surface area contributed by atoms with Crippen molar-refractivity contribution < 1.29 is 0 Å². The van der Waals surface area contributed by atoms with Crippen LogP contribution in [0.3, 0.4) is 0 Å². The van der Waals surface area contributed by atoms with Crippen LogP contribution >= 0.6 is 12.2 Å². The molecule has 0 aromatic carbocycles. The van der Waals surface area contributed by atoms with E-state index >= 15 is 0 Å².